The molecule has 0 radical (unpaired) electrons. The number of halogens is 2. The van der Waals surface area contributed by atoms with Crippen LogP contribution < -0.4 is 0 Å². The van der Waals surface area contributed by atoms with Gasteiger partial charge in [-0.25, -0.2) is 4.39 Å². The van der Waals surface area contributed by atoms with E-state index in [-0.39, 0.29) is 5.82 Å². The second kappa shape index (κ2) is 4.75. The van der Waals surface area contributed by atoms with Gasteiger partial charge >= 0.3 is 0 Å². The highest BCUT2D eigenvalue weighted by atomic mass is 79.9. The van der Waals surface area contributed by atoms with Crippen LogP contribution in [0.3, 0.4) is 0 Å². The van der Waals surface area contributed by atoms with Gasteiger partial charge in [-0.15, -0.1) is 0 Å². The van der Waals surface area contributed by atoms with Crippen LogP contribution in [-0.2, 0) is 0 Å². The van der Waals surface area contributed by atoms with Gasteiger partial charge in [0.1, 0.15) is 5.82 Å². The Labute approximate surface area is 87.3 Å². The van der Waals surface area contributed by atoms with Gasteiger partial charge in [-0.2, -0.15) is 0 Å². The van der Waals surface area contributed by atoms with Crippen molar-refractivity contribution in [3.05, 3.63) is 34.1 Å². The first-order chi connectivity index (χ1) is 6.15. The molecule has 0 heterocycles. The van der Waals surface area contributed by atoms with Crippen molar-refractivity contribution in [3.8, 4) is 0 Å². The Kier molecular flexibility index (Phi) is 3.91. The van der Waals surface area contributed by atoms with Crippen molar-refractivity contribution in [3.63, 3.8) is 0 Å². The maximum absolute atomic E-state index is 12.9. The third-order valence-corrected chi connectivity index (χ3v) is 2.84. The van der Waals surface area contributed by atoms with Gasteiger partial charge in [0.05, 0.1) is 4.47 Å². The predicted molar refractivity (Wildman–Crippen MR) is 57.4 cm³/mol. The summed E-state index contributed by atoms with van der Waals surface area (Å²) in [5.74, 6) is 0.328. The minimum atomic E-state index is -0.188. The molecule has 1 rings (SSSR count). The third kappa shape index (κ3) is 2.80. The predicted octanol–water partition coefficient (Wildman–Crippen LogP) is 4.49. The fraction of sp³-hybridized carbons (Fsp3) is 0.455. The molecule has 0 nitrogen and oxygen atoms in total. The van der Waals surface area contributed by atoms with Crippen molar-refractivity contribution in [1.29, 1.82) is 0 Å². The number of hydrogen-bond donors (Lipinski definition) is 0. The summed E-state index contributed by atoms with van der Waals surface area (Å²) in [4.78, 5) is 0. The molecule has 0 amide bonds. The Hall–Kier alpha value is -0.370. The third-order valence-electron chi connectivity index (χ3n) is 2.23. The average Bonchev–Trinajstić information content (AvgIpc) is 2.10. The molecule has 72 valence electrons. The second-order valence-electron chi connectivity index (χ2n) is 3.36. The molecule has 0 saturated carbocycles. The summed E-state index contributed by atoms with van der Waals surface area (Å²) in [6.07, 6.45) is 2.31. The summed E-state index contributed by atoms with van der Waals surface area (Å²) in [5.41, 5.74) is 1.20. The zero-order valence-corrected chi connectivity index (χ0v) is 9.57. The maximum atomic E-state index is 12.9. The van der Waals surface area contributed by atoms with E-state index in [0.717, 1.165) is 12.8 Å². The summed E-state index contributed by atoms with van der Waals surface area (Å²) in [7, 11) is 0. The van der Waals surface area contributed by atoms with Crippen molar-refractivity contribution in [2.45, 2.75) is 32.6 Å². The van der Waals surface area contributed by atoms with E-state index in [1.54, 1.807) is 0 Å². The van der Waals surface area contributed by atoms with Gasteiger partial charge in [0.2, 0.25) is 0 Å². The molecule has 1 atom stereocenters. The van der Waals surface area contributed by atoms with Crippen LogP contribution in [0.1, 0.15) is 38.2 Å². The van der Waals surface area contributed by atoms with E-state index in [1.165, 1.54) is 11.6 Å². The summed E-state index contributed by atoms with van der Waals surface area (Å²) in [5, 5.41) is 0. The lowest BCUT2D eigenvalue weighted by Gasteiger charge is -2.10. The molecular formula is C11H14BrF. The fourth-order valence-electron chi connectivity index (χ4n) is 1.42. The largest absolute Gasteiger partial charge is 0.206 e. The first kappa shape index (κ1) is 10.7. The Morgan fingerprint density at radius 3 is 2.69 bits per heavy atom. The zero-order valence-electron chi connectivity index (χ0n) is 7.98. The van der Waals surface area contributed by atoms with E-state index in [9.17, 15) is 4.39 Å². The molecule has 0 aromatic heterocycles. The molecule has 0 N–H and O–H groups in total. The molecule has 0 fully saturated rings. The number of benzene rings is 1. The first-order valence-electron chi connectivity index (χ1n) is 4.60. The van der Waals surface area contributed by atoms with Gasteiger partial charge in [-0.3, -0.25) is 0 Å². The molecule has 0 aliphatic rings. The summed E-state index contributed by atoms with van der Waals surface area (Å²) >= 11 is 3.19. The van der Waals surface area contributed by atoms with Crippen molar-refractivity contribution in [2.24, 2.45) is 0 Å². The van der Waals surface area contributed by atoms with E-state index in [2.05, 4.69) is 29.8 Å². The Morgan fingerprint density at radius 1 is 1.46 bits per heavy atom. The van der Waals surface area contributed by atoms with Gasteiger partial charge in [0, 0.05) is 0 Å². The van der Waals surface area contributed by atoms with Crippen molar-refractivity contribution >= 4 is 15.9 Å². The maximum Gasteiger partial charge on any atom is 0.137 e. The standard InChI is InChI=1S/C11H14BrF/c1-3-4-8(2)9-5-6-11(13)10(12)7-9/h5-8H,3-4H2,1-2H3. The lowest BCUT2D eigenvalue weighted by atomic mass is 9.97. The molecule has 2 heteroatoms. The minimum Gasteiger partial charge on any atom is -0.206 e. The molecule has 1 unspecified atom stereocenters. The van der Waals surface area contributed by atoms with Gasteiger partial charge in [-0.1, -0.05) is 26.3 Å². The molecule has 0 aliphatic carbocycles. The molecule has 1 aromatic rings. The van der Waals surface area contributed by atoms with Crippen LogP contribution >= 0.6 is 15.9 Å². The first-order valence-corrected chi connectivity index (χ1v) is 5.39. The van der Waals surface area contributed by atoms with Crippen molar-refractivity contribution in [2.75, 3.05) is 0 Å². The van der Waals surface area contributed by atoms with E-state index in [4.69, 9.17) is 0 Å². The van der Waals surface area contributed by atoms with E-state index in [0.29, 0.717) is 10.4 Å². The molecule has 0 aliphatic heterocycles. The molecule has 0 spiro atoms. The minimum absolute atomic E-state index is 0.188. The van der Waals surface area contributed by atoms with Gasteiger partial charge in [-0.05, 0) is 46.0 Å². The lowest BCUT2D eigenvalue weighted by Crippen LogP contribution is -1.93. The molecule has 13 heavy (non-hydrogen) atoms. The number of hydrogen-bond acceptors (Lipinski definition) is 0. The Balaban J connectivity index is 2.84. The highest BCUT2D eigenvalue weighted by Gasteiger charge is 2.06. The fourth-order valence-corrected chi connectivity index (χ4v) is 1.82. The van der Waals surface area contributed by atoms with Gasteiger partial charge in [0.25, 0.3) is 0 Å². The second-order valence-corrected chi connectivity index (χ2v) is 4.22. The van der Waals surface area contributed by atoms with Crippen LogP contribution in [0.4, 0.5) is 4.39 Å². The van der Waals surface area contributed by atoms with Crippen LogP contribution in [0.15, 0.2) is 22.7 Å². The smallest absolute Gasteiger partial charge is 0.137 e. The van der Waals surface area contributed by atoms with E-state index in [1.807, 2.05) is 12.1 Å². The highest BCUT2D eigenvalue weighted by Crippen LogP contribution is 2.25. The Morgan fingerprint density at radius 2 is 2.15 bits per heavy atom. The Bertz CT molecular complexity index is 283. The molecular weight excluding hydrogens is 231 g/mol. The zero-order chi connectivity index (χ0) is 9.84. The van der Waals surface area contributed by atoms with Crippen LogP contribution in [-0.4, -0.2) is 0 Å². The molecule has 0 bridgehead atoms. The normalized spacial score (nSPS) is 12.9. The van der Waals surface area contributed by atoms with Crippen LogP contribution in [0.2, 0.25) is 0 Å². The highest BCUT2D eigenvalue weighted by molar-refractivity contribution is 9.10. The van der Waals surface area contributed by atoms with Crippen LogP contribution in [0, 0.1) is 5.82 Å². The molecule has 1 aromatic carbocycles. The van der Waals surface area contributed by atoms with Crippen LogP contribution in [0.5, 0.6) is 0 Å². The monoisotopic (exact) mass is 244 g/mol. The van der Waals surface area contributed by atoms with Gasteiger partial charge in [0.15, 0.2) is 0 Å². The van der Waals surface area contributed by atoms with Crippen molar-refractivity contribution < 1.29 is 4.39 Å². The SMILES string of the molecule is CCCC(C)c1ccc(F)c(Br)c1. The summed E-state index contributed by atoms with van der Waals surface area (Å²) < 4.78 is 13.5. The summed E-state index contributed by atoms with van der Waals surface area (Å²) in [6, 6.07) is 5.25. The van der Waals surface area contributed by atoms with E-state index >= 15 is 0 Å². The average molecular weight is 245 g/mol. The van der Waals surface area contributed by atoms with Gasteiger partial charge < -0.3 is 0 Å². The topological polar surface area (TPSA) is 0 Å². The van der Waals surface area contributed by atoms with Crippen LogP contribution in [0.25, 0.3) is 0 Å². The molecule has 0 saturated heterocycles. The quantitative estimate of drug-likeness (QED) is 0.735. The number of rotatable bonds is 3. The lowest BCUT2D eigenvalue weighted by molar-refractivity contribution is 0.615. The summed E-state index contributed by atoms with van der Waals surface area (Å²) in [6.45, 7) is 4.33. The van der Waals surface area contributed by atoms with Crippen molar-refractivity contribution in [1.82, 2.24) is 0 Å². The van der Waals surface area contributed by atoms with E-state index < -0.39 is 0 Å².